The lowest BCUT2D eigenvalue weighted by molar-refractivity contribution is -0.159. The lowest BCUT2D eigenvalue weighted by Gasteiger charge is -2.33. The number of hydrogen-bond donors (Lipinski definition) is 1. The Labute approximate surface area is 286 Å². The Hall–Kier alpha value is -4.31. The summed E-state index contributed by atoms with van der Waals surface area (Å²) in [7, 11) is 0. The second-order valence-electron chi connectivity index (χ2n) is 14.0. The van der Waals surface area contributed by atoms with E-state index in [1.54, 1.807) is 32.2 Å². The summed E-state index contributed by atoms with van der Waals surface area (Å²) >= 11 is 0. The fourth-order valence-electron chi connectivity index (χ4n) is 5.99. The molecule has 6 rings (SSSR count). The highest BCUT2D eigenvalue weighted by atomic mass is 16.7. The standard InChI is InChI=1S/C40H46O9/c1-25(17-20-43-28-11-9-27-10-15-36(41)46-31(27)23-28)7-13-34(39(3,4)42)48-37-16-12-29-33(47-37)24-32-30(19-22-44-32)38(29)45-21-18-26(2)8-14-35-40(5,6)49-35/h9-12,15-19,22-24,34-35,37,42H,7-8,13-14,20-21H2,1-6H3/b25-17+,26-18+/t34-,35?,37?/m1/s1. The number of rotatable bonds is 15. The van der Waals surface area contributed by atoms with Gasteiger partial charge in [-0.25, -0.2) is 4.79 Å². The zero-order valence-electron chi connectivity index (χ0n) is 29.1. The van der Waals surface area contributed by atoms with Crippen molar-refractivity contribution >= 4 is 28.0 Å². The van der Waals surface area contributed by atoms with E-state index in [-0.39, 0.29) is 5.60 Å². The summed E-state index contributed by atoms with van der Waals surface area (Å²) in [4.78, 5) is 11.6. The molecule has 0 saturated carbocycles. The Balaban J connectivity index is 1.05. The summed E-state index contributed by atoms with van der Waals surface area (Å²) < 4.78 is 41.6. The summed E-state index contributed by atoms with van der Waals surface area (Å²) in [5.41, 5.74) is 2.80. The number of allylic oxidation sites excluding steroid dienone is 2. The molecule has 1 N–H and O–H groups in total. The molecule has 2 aliphatic heterocycles. The van der Waals surface area contributed by atoms with E-state index in [1.807, 2.05) is 49.4 Å². The Kier molecular flexibility index (Phi) is 10.1. The number of aliphatic hydroxyl groups is 1. The van der Waals surface area contributed by atoms with Crippen LogP contribution in [-0.2, 0) is 9.47 Å². The minimum absolute atomic E-state index is 0.00243. The summed E-state index contributed by atoms with van der Waals surface area (Å²) in [5, 5.41) is 12.7. The van der Waals surface area contributed by atoms with Gasteiger partial charge in [0.05, 0.1) is 40.6 Å². The molecule has 0 radical (unpaired) electrons. The zero-order chi connectivity index (χ0) is 34.8. The molecular formula is C40H46O9. The van der Waals surface area contributed by atoms with Crippen molar-refractivity contribution in [1.82, 2.24) is 0 Å². The third kappa shape index (κ3) is 8.65. The second kappa shape index (κ2) is 14.3. The first-order valence-corrected chi connectivity index (χ1v) is 16.9. The first-order valence-electron chi connectivity index (χ1n) is 16.9. The monoisotopic (exact) mass is 670 g/mol. The molecule has 0 spiro atoms. The van der Waals surface area contributed by atoms with Gasteiger partial charge in [-0.05, 0) is 116 Å². The fourth-order valence-corrected chi connectivity index (χ4v) is 5.99. The van der Waals surface area contributed by atoms with Gasteiger partial charge in [-0.2, -0.15) is 0 Å². The van der Waals surface area contributed by atoms with Crippen LogP contribution in [0.3, 0.4) is 0 Å². The molecule has 1 saturated heterocycles. The summed E-state index contributed by atoms with van der Waals surface area (Å²) in [6.45, 7) is 12.6. The molecule has 9 nitrogen and oxygen atoms in total. The number of ether oxygens (including phenoxy) is 5. The predicted molar refractivity (Wildman–Crippen MR) is 189 cm³/mol. The van der Waals surface area contributed by atoms with Gasteiger partial charge in [-0.15, -0.1) is 0 Å². The normalized spacial score (nSPS) is 19.5. The molecule has 0 amide bonds. The molecule has 1 fully saturated rings. The maximum atomic E-state index is 11.6. The molecule has 2 aromatic heterocycles. The number of fused-ring (bicyclic) bond motifs is 3. The molecule has 0 bridgehead atoms. The van der Waals surface area contributed by atoms with Crippen LogP contribution in [0.1, 0.15) is 72.8 Å². The lowest BCUT2D eigenvalue weighted by atomic mass is 9.95. The average molecular weight is 671 g/mol. The molecule has 49 heavy (non-hydrogen) atoms. The van der Waals surface area contributed by atoms with Gasteiger partial charge in [0.25, 0.3) is 0 Å². The van der Waals surface area contributed by atoms with Crippen molar-refractivity contribution in [3.63, 3.8) is 0 Å². The SMILES string of the molecule is C/C(=C\COc1c2c(cc3occc13)OC(O[C@H](CC/C(C)=C/COc1ccc3ccc(=O)oc3c1)C(C)(C)O)C=C2)CCC1OC1(C)C. The van der Waals surface area contributed by atoms with Crippen molar-refractivity contribution in [1.29, 1.82) is 0 Å². The fraction of sp³-hybridized carbons (Fsp3) is 0.425. The van der Waals surface area contributed by atoms with Crippen molar-refractivity contribution in [3.05, 3.63) is 94.1 Å². The minimum atomic E-state index is -1.12. The number of epoxide rings is 1. The number of furan rings is 1. The van der Waals surface area contributed by atoms with Crippen LogP contribution in [0.15, 0.2) is 91.7 Å². The Morgan fingerprint density at radius 2 is 1.73 bits per heavy atom. The third-order valence-corrected chi connectivity index (χ3v) is 9.16. The van der Waals surface area contributed by atoms with Crippen LogP contribution in [0.4, 0.5) is 0 Å². The van der Waals surface area contributed by atoms with Crippen molar-refractivity contribution in [2.45, 2.75) is 96.9 Å². The van der Waals surface area contributed by atoms with E-state index in [1.165, 1.54) is 11.6 Å². The van der Waals surface area contributed by atoms with Gasteiger partial charge in [0.15, 0.2) is 0 Å². The Morgan fingerprint density at radius 3 is 2.49 bits per heavy atom. The van der Waals surface area contributed by atoms with Gasteiger partial charge in [-0.1, -0.05) is 11.1 Å². The third-order valence-electron chi connectivity index (χ3n) is 9.16. The molecule has 4 heterocycles. The van der Waals surface area contributed by atoms with Gasteiger partial charge >= 0.3 is 5.63 Å². The quantitative estimate of drug-likeness (QED) is 0.0755. The van der Waals surface area contributed by atoms with Gasteiger partial charge < -0.3 is 37.6 Å². The molecule has 260 valence electrons. The topological polar surface area (TPSA) is 113 Å². The summed E-state index contributed by atoms with van der Waals surface area (Å²) in [6, 6.07) is 12.3. The predicted octanol–water partition coefficient (Wildman–Crippen LogP) is 8.52. The van der Waals surface area contributed by atoms with Gasteiger partial charge in [-0.3, -0.25) is 0 Å². The molecule has 0 aliphatic carbocycles. The highest BCUT2D eigenvalue weighted by Crippen LogP contribution is 2.42. The van der Waals surface area contributed by atoms with Crippen LogP contribution in [0.2, 0.25) is 0 Å². The molecule has 2 aromatic carbocycles. The van der Waals surface area contributed by atoms with Crippen LogP contribution in [-0.4, -0.2) is 48.0 Å². The van der Waals surface area contributed by atoms with E-state index < -0.39 is 23.6 Å². The molecule has 2 aliphatic rings. The van der Waals surface area contributed by atoms with Crippen molar-refractivity contribution in [2.75, 3.05) is 13.2 Å². The second-order valence-corrected chi connectivity index (χ2v) is 14.0. The molecule has 3 atom stereocenters. The number of hydrogen-bond acceptors (Lipinski definition) is 9. The Morgan fingerprint density at radius 1 is 1.00 bits per heavy atom. The van der Waals surface area contributed by atoms with Crippen molar-refractivity contribution in [2.24, 2.45) is 0 Å². The van der Waals surface area contributed by atoms with Crippen LogP contribution >= 0.6 is 0 Å². The highest BCUT2D eigenvalue weighted by Gasteiger charge is 2.46. The first kappa shape index (κ1) is 34.5. The highest BCUT2D eigenvalue weighted by molar-refractivity contribution is 5.91. The number of benzene rings is 2. The van der Waals surface area contributed by atoms with Gasteiger partial charge in [0.2, 0.25) is 6.29 Å². The van der Waals surface area contributed by atoms with Crippen molar-refractivity contribution in [3.8, 4) is 17.2 Å². The Bertz CT molecular complexity index is 1930. The van der Waals surface area contributed by atoms with Crippen LogP contribution < -0.4 is 19.8 Å². The van der Waals surface area contributed by atoms with E-state index in [4.69, 9.17) is 32.5 Å². The van der Waals surface area contributed by atoms with Gasteiger partial charge in [0.1, 0.15) is 41.6 Å². The average Bonchev–Trinajstić information content (AvgIpc) is 3.40. The summed E-state index contributed by atoms with van der Waals surface area (Å²) in [6.07, 6.45) is 11.9. The maximum Gasteiger partial charge on any atom is 0.336 e. The lowest BCUT2D eigenvalue weighted by Crippen LogP contribution is -2.42. The van der Waals surface area contributed by atoms with E-state index in [0.717, 1.165) is 34.8 Å². The van der Waals surface area contributed by atoms with Gasteiger partial charge in [0, 0.05) is 23.6 Å². The molecule has 2 unspecified atom stereocenters. The van der Waals surface area contributed by atoms with E-state index in [2.05, 4.69) is 26.8 Å². The summed E-state index contributed by atoms with van der Waals surface area (Å²) in [5.74, 6) is 1.90. The molecule has 9 heteroatoms. The largest absolute Gasteiger partial charge is 0.489 e. The van der Waals surface area contributed by atoms with Crippen LogP contribution in [0.25, 0.3) is 28.0 Å². The molecule has 4 aromatic rings. The molecular weight excluding hydrogens is 624 g/mol. The maximum absolute atomic E-state index is 11.6. The minimum Gasteiger partial charge on any atom is -0.489 e. The van der Waals surface area contributed by atoms with Crippen LogP contribution in [0, 0.1) is 0 Å². The zero-order valence-corrected chi connectivity index (χ0v) is 29.1. The van der Waals surface area contributed by atoms with Crippen molar-refractivity contribution < 1.29 is 37.6 Å². The van der Waals surface area contributed by atoms with E-state index in [0.29, 0.717) is 60.6 Å². The first-order chi connectivity index (χ1) is 23.4. The van der Waals surface area contributed by atoms with E-state index >= 15 is 0 Å². The smallest absolute Gasteiger partial charge is 0.336 e. The van der Waals surface area contributed by atoms with E-state index in [9.17, 15) is 9.90 Å². The van der Waals surface area contributed by atoms with Crippen LogP contribution in [0.5, 0.6) is 17.2 Å².